The van der Waals surface area contributed by atoms with E-state index in [0.29, 0.717) is 28.0 Å². The first-order valence-corrected chi connectivity index (χ1v) is 11.7. The molecule has 34 heavy (non-hydrogen) atoms. The zero-order valence-electron chi connectivity index (χ0n) is 17.8. The Labute approximate surface area is 194 Å². The van der Waals surface area contributed by atoms with Crippen LogP contribution in [0, 0.1) is 12.7 Å². The third-order valence-electron chi connectivity index (χ3n) is 5.17. The fourth-order valence-corrected chi connectivity index (χ4v) is 4.83. The number of aromatic nitrogens is 2. The topological polar surface area (TPSA) is 122 Å². The third-order valence-corrected chi connectivity index (χ3v) is 6.59. The number of para-hydroxylation sites is 1. The highest BCUT2D eigenvalue weighted by molar-refractivity contribution is 7.93. The highest BCUT2D eigenvalue weighted by Crippen LogP contribution is 2.33. The van der Waals surface area contributed by atoms with E-state index in [0.717, 1.165) is 11.6 Å². The number of halogens is 1. The number of anilines is 2. The minimum Gasteiger partial charge on any atom is -0.454 e. The average molecular weight is 479 g/mol. The van der Waals surface area contributed by atoms with Crippen LogP contribution >= 0.6 is 0 Å². The molecule has 9 nitrogen and oxygen atoms in total. The van der Waals surface area contributed by atoms with E-state index in [9.17, 15) is 17.6 Å². The van der Waals surface area contributed by atoms with Crippen molar-refractivity contribution in [3.63, 3.8) is 0 Å². The van der Waals surface area contributed by atoms with Crippen molar-refractivity contribution in [2.24, 2.45) is 0 Å². The van der Waals surface area contributed by atoms with Crippen LogP contribution in [-0.2, 0) is 16.6 Å². The lowest BCUT2D eigenvalue weighted by molar-refractivity contribution is 0.250. The lowest BCUT2D eigenvalue weighted by Gasteiger charge is -2.20. The normalized spacial score (nSPS) is 13.1. The van der Waals surface area contributed by atoms with Gasteiger partial charge in [0.1, 0.15) is 16.5 Å². The summed E-state index contributed by atoms with van der Waals surface area (Å²) in [6.07, 6.45) is 3.02. The van der Waals surface area contributed by atoms with Crippen LogP contribution in [-0.4, -0.2) is 24.4 Å². The molecule has 0 aliphatic carbocycles. The molecule has 172 valence electrons. The van der Waals surface area contributed by atoms with E-state index in [2.05, 4.69) is 25.3 Å². The number of sulfonamides is 1. The van der Waals surface area contributed by atoms with Crippen molar-refractivity contribution >= 4 is 38.5 Å². The second kappa shape index (κ2) is 8.27. The van der Waals surface area contributed by atoms with Crippen molar-refractivity contribution in [1.29, 1.82) is 0 Å². The van der Waals surface area contributed by atoms with Crippen LogP contribution in [0.2, 0.25) is 0 Å². The van der Waals surface area contributed by atoms with E-state index in [1.807, 2.05) is 13.0 Å². The summed E-state index contributed by atoms with van der Waals surface area (Å²) in [6.45, 7) is 2.04. The summed E-state index contributed by atoms with van der Waals surface area (Å²) in [5, 5.41) is 5.83. The predicted molar refractivity (Wildman–Crippen MR) is 124 cm³/mol. The number of hydrogen-bond donors (Lipinski definition) is 3. The van der Waals surface area contributed by atoms with Gasteiger partial charge in [0.15, 0.2) is 11.6 Å². The molecule has 3 N–H and O–H groups in total. The zero-order valence-corrected chi connectivity index (χ0v) is 18.6. The number of pyridine rings is 2. The Morgan fingerprint density at radius 1 is 1.09 bits per heavy atom. The second-order valence-corrected chi connectivity index (χ2v) is 9.29. The number of carbonyl (C=O) groups is 1. The van der Waals surface area contributed by atoms with Crippen LogP contribution < -0.4 is 20.1 Å². The summed E-state index contributed by atoms with van der Waals surface area (Å²) < 4.78 is 49.0. The quantitative estimate of drug-likeness (QED) is 0.392. The van der Waals surface area contributed by atoms with Gasteiger partial charge in [0, 0.05) is 23.8 Å². The van der Waals surface area contributed by atoms with Gasteiger partial charge in [0.25, 0.3) is 10.0 Å². The van der Waals surface area contributed by atoms with E-state index in [1.54, 1.807) is 24.4 Å². The maximum atomic E-state index is 14.8. The van der Waals surface area contributed by atoms with Crippen molar-refractivity contribution < 1.29 is 22.3 Å². The summed E-state index contributed by atoms with van der Waals surface area (Å²) in [5.41, 5.74) is 1.81. The highest BCUT2D eigenvalue weighted by Gasteiger charge is 2.22. The molecule has 3 heterocycles. The van der Waals surface area contributed by atoms with E-state index in [4.69, 9.17) is 4.74 Å². The van der Waals surface area contributed by atoms with Crippen molar-refractivity contribution in [1.82, 2.24) is 15.3 Å². The van der Waals surface area contributed by atoms with Gasteiger partial charge in [-0.3, -0.25) is 15.0 Å². The van der Waals surface area contributed by atoms with Gasteiger partial charge >= 0.3 is 6.03 Å². The fraction of sp³-hybridized carbons (Fsp3) is 0.0870. The highest BCUT2D eigenvalue weighted by atomic mass is 32.2. The van der Waals surface area contributed by atoms with Gasteiger partial charge < -0.3 is 10.1 Å². The number of carbonyl (C=O) groups excluding carboxylic acids is 1. The molecule has 2 aromatic carbocycles. The molecule has 11 heteroatoms. The Kier molecular flexibility index (Phi) is 5.25. The van der Waals surface area contributed by atoms with Crippen LogP contribution in [0.3, 0.4) is 0 Å². The smallest absolute Gasteiger partial charge is 0.320 e. The van der Waals surface area contributed by atoms with Gasteiger partial charge in [-0.15, -0.1) is 0 Å². The first kappa shape index (κ1) is 21.6. The molecule has 1 aliphatic rings. The van der Waals surface area contributed by atoms with Crippen LogP contribution in [0.1, 0.15) is 11.1 Å². The van der Waals surface area contributed by atoms with Crippen molar-refractivity contribution in [2.45, 2.75) is 18.4 Å². The molecule has 0 saturated heterocycles. The standard InChI is InChI=1S/C23H18FN5O4S/c1-13-9-14-3-2-4-20(21(14)26-11-13)34(31,32)29-15-5-6-19(17(24)10-15)33-18-7-8-25-22-16(18)12-27-23(30)28-22/h2-11,29H,12H2,1H3,(H2,25,27,28,30). The molecule has 2 amide bonds. The molecule has 0 fully saturated rings. The number of aryl methyl sites for hydroxylation is 1. The van der Waals surface area contributed by atoms with Crippen molar-refractivity contribution in [3.05, 3.63) is 77.9 Å². The SMILES string of the molecule is Cc1cnc2c(S(=O)(=O)Nc3ccc(Oc4ccnc5c4CNC(=O)N5)c(F)c3)cccc2c1. The Bertz CT molecular complexity index is 1560. The Balaban J connectivity index is 1.41. The van der Waals surface area contributed by atoms with Gasteiger partial charge in [-0.1, -0.05) is 12.1 Å². The molecule has 2 aromatic heterocycles. The van der Waals surface area contributed by atoms with Crippen LogP contribution in [0.5, 0.6) is 11.5 Å². The molecular weight excluding hydrogens is 461 g/mol. The largest absolute Gasteiger partial charge is 0.454 e. The first-order valence-electron chi connectivity index (χ1n) is 10.2. The van der Waals surface area contributed by atoms with Crippen molar-refractivity contribution in [2.75, 3.05) is 10.0 Å². The van der Waals surface area contributed by atoms with Crippen LogP contribution in [0.4, 0.5) is 20.7 Å². The molecule has 4 aromatic rings. The summed E-state index contributed by atoms with van der Waals surface area (Å²) in [5.74, 6) is -0.257. The zero-order chi connectivity index (χ0) is 23.9. The molecule has 5 rings (SSSR count). The number of fused-ring (bicyclic) bond motifs is 2. The fourth-order valence-electron chi connectivity index (χ4n) is 3.60. The van der Waals surface area contributed by atoms with E-state index in [-0.39, 0.29) is 22.9 Å². The molecule has 0 atom stereocenters. The van der Waals surface area contributed by atoms with Crippen molar-refractivity contribution in [3.8, 4) is 11.5 Å². The Morgan fingerprint density at radius 2 is 1.94 bits per heavy atom. The Morgan fingerprint density at radius 3 is 2.76 bits per heavy atom. The Hall–Kier alpha value is -4.25. The molecule has 0 unspecified atom stereocenters. The van der Waals surface area contributed by atoms with E-state index in [1.165, 1.54) is 24.4 Å². The molecule has 0 bridgehead atoms. The predicted octanol–water partition coefficient (Wildman–Crippen LogP) is 4.31. The number of benzene rings is 2. The van der Waals surface area contributed by atoms with Gasteiger partial charge in [-0.05, 0) is 42.8 Å². The first-order chi connectivity index (χ1) is 16.3. The number of hydrogen-bond acceptors (Lipinski definition) is 6. The summed E-state index contributed by atoms with van der Waals surface area (Å²) in [4.78, 5) is 19.8. The lowest BCUT2D eigenvalue weighted by Crippen LogP contribution is -2.34. The van der Waals surface area contributed by atoms with Gasteiger partial charge in [-0.25, -0.2) is 22.6 Å². The number of nitrogens with zero attached hydrogens (tertiary/aromatic N) is 2. The minimum absolute atomic E-state index is 0.0105. The molecule has 0 saturated carbocycles. The maximum Gasteiger partial charge on any atom is 0.320 e. The number of ether oxygens (including phenoxy) is 1. The third kappa shape index (κ3) is 4.08. The average Bonchev–Trinajstić information content (AvgIpc) is 2.80. The summed E-state index contributed by atoms with van der Waals surface area (Å²) in [7, 11) is -4.04. The van der Waals surface area contributed by atoms with E-state index >= 15 is 0 Å². The monoisotopic (exact) mass is 479 g/mol. The van der Waals surface area contributed by atoms with E-state index < -0.39 is 21.9 Å². The van der Waals surface area contributed by atoms with Gasteiger partial charge in [-0.2, -0.15) is 0 Å². The summed E-state index contributed by atoms with van der Waals surface area (Å²) in [6, 6.07) is 11.6. The van der Waals surface area contributed by atoms with Gasteiger partial charge in [0.2, 0.25) is 0 Å². The molecule has 1 aliphatic heterocycles. The molecule has 0 radical (unpaired) electrons. The van der Waals surface area contributed by atoms with Gasteiger partial charge in [0.05, 0.1) is 23.3 Å². The number of amides is 2. The molecule has 0 spiro atoms. The van der Waals surface area contributed by atoms with Crippen LogP contribution in [0.25, 0.3) is 10.9 Å². The number of urea groups is 1. The van der Waals surface area contributed by atoms with Crippen LogP contribution in [0.15, 0.2) is 65.8 Å². The minimum atomic E-state index is -4.04. The maximum absolute atomic E-state index is 14.8. The number of rotatable bonds is 5. The second-order valence-electron chi connectivity index (χ2n) is 7.64. The molecular formula is C23H18FN5O4S. The lowest BCUT2D eigenvalue weighted by atomic mass is 10.2. The summed E-state index contributed by atoms with van der Waals surface area (Å²) >= 11 is 0. The number of nitrogens with one attached hydrogen (secondary N) is 3.